The quantitative estimate of drug-likeness (QED) is 0.0952. The third kappa shape index (κ3) is 11.8. The number of hydrogen-bond donors (Lipinski definition) is 1. The minimum atomic E-state index is -5.08. The number of fused-ring (bicyclic) bond motifs is 1. The summed E-state index contributed by atoms with van der Waals surface area (Å²) in [5.74, 6) is -0.563. The highest BCUT2D eigenvalue weighted by Crippen LogP contribution is 2.43. The van der Waals surface area contributed by atoms with E-state index < -0.39 is 71.2 Å². The van der Waals surface area contributed by atoms with Crippen molar-refractivity contribution in [2.75, 3.05) is 52.4 Å². The summed E-state index contributed by atoms with van der Waals surface area (Å²) in [6, 6.07) is 28.7. The van der Waals surface area contributed by atoms with Gasteiger partial charge in [0.2, 0.25) is 31.8 Å². The number of nitrogens with one attached hydrogen (secondary N) is 1. The van der Waals surface area contributed by atoms with Crippen LogP contribution in [0.3, 0.4) is 0 Å². The number of carbonyl (C=O) groups excluding carboxylic acids is 4. The number of rotatable bonds is 18. The normalized spacial score (nSPS) is 17.0. The molecule has 0 saturated carbocycles. The third-order valence-electron chi connectivity index (χ3n) is 13.5. The van der Waals surface area contributed by atoms with E-state index in [1.54, 1.807) is 118 Å². The zero-order chi connectivity index (χ0) is 54.8. The molecule has 4 heterocycles. The number of anilines is 1. The number of benzene rings is 5. The highest BCUT2D eigenvalue weighted by atomic mass is 32.2. The third-order valence-corrected chi connectivity index (χ3v) is 17.0. The van der Waals surface area contributed by atoms with E-state index in [0.717, 1.165) is 20.8 Å². The maximum atomic E-state index is 16.3. The molecule has 23 heteroatoms. The molecule has 0 aliphatic carbocycles. The van der Waals surface area contributed by atoms with E-state index >= 15 is 16.8 Å². The van der Waals surface area contributed by atoms with Crippen molar-refractivity contribution in [3.8, 4) is 28.6 Å². The monoisotopic (exact) mass is 1090 g/mol. The van der Waals surface area contributed by atoms with Crippen molar-refractivity contribution in [3.05, 3.63) is 137 Å². The van der Waals surface area contributed by atoms with E-state index in [1.807, 2.05) is 0 Å². The number of imide groups is 1. The van der Waals surface area contributed by atoms with Crippen LogP contribution in [-0.2, 0) is 49.2 Å². The number of aromatic nitrogens is 4. The number of ether oxygens (including phenoxy) is 4. The summed E-state index contributed by atoms with van der Waals surface area (Å²) in [5.41, 5.74) is 1.15. The SMILES string of the molecule is COc1ccc(CN(Cc2ccc(OC)cc2)S(=O)(=O)c2c(S(=O)(=O)NC3CCN(C(=O)OC(C)(C)C)C3)ccc(N3CCC(CN4C(=O)c5ccccc5C4=O)CC3=O)c2-c2nnn(Cc3ccc(OC)cc3)n2)cc1. The Morgan fingerprint density at radius 3 is 1.82 bits per heavy atom. The number of piperidine rings is 1. The predicted octanol–water partition coefficient (Wildman–Crippen LogP) is 6.13. The first kappa shape index (κ1) is 54.1. The molecule has 0 bridgehead atoms. The van der Waals surface area contributed by atoms with Crippen molar-refractivity contribution < 1.29 is 55.0 Å². The molecule has 3 aliphatic heterocycles. The van der Waals surface area contributed by atoms with Crippen LogP contribution in [0.1, 0.15) is 77.4 Å². The van der Waals surface area contributed by atoms with Gasteiger partial charge in [-0.15, -0.1) is 10.2 Å². The van der Waals surface area contributed by atoms with E-state index in [9.17, 15) is 19.2 Å². The first-order valence-corrected chi connectivity index (χ1v) is 27.8. The lowest BCUT2D eigenvalue weighted by atomic mass is 9.94. The van der Waals surface area contributed by atoms with Crippen LogP contribution in [0.5, 0.6) is 17.2 Å². The van der Waals surface area contributed by atoms with Crippen LogP contribution >= 0.6 is 0 Å². The topological polar surface area (TPSA) is 242 Å². The fourth-order valence-electron chi connectivity index (χ4n) is 9.59. The molecule has 0 radical (unpaired) electrons. The van der Waals surface area contributed by atoms with Gasteiger partial charge in [-0.2, -0.15) is 9.10 Å². The van der Waals surface area contributed by atoms with Crippen LogP contribution < -0.4 is 23.8 Å². The van der Waals surface area contributed by atoms with Crippen LogP contribution in [0.15, 0.2) is 119 Å². The molecule has 5 aromatic carbocycles. The van der Waals surface area contributed by atoms with Crippen LogP contribution in [-0.4, -0.2) is 134 Å². The van der Waals surface area contributed by atoms with Gasteiger partial charge >= 0.3 is 6.09 Å². The molecule has 0 spiro atoms. The van der Waals surface area contributed by atoms with Crippen molar-refractivity contribution in [2.45, 2.75) is 81.1 Å². The van der Waals surface area contributed by atoms with E-state index in [4.69, 9.17) is 24.0 Å². The minimum absolute atomic E-state index is 0.0264. The Kier molecular flexibility index (Phi) is 15.5. The van der Waals surface area contributed by atoms with Gasteiger partial charge in [-0.1, -0.05) is 48.5 Å². The van der Waals surface area contributed by atoms with Gasteiger partial charge in [0.1, 0.15) is 32.6 Å². The second-order valence-electron chi connectivity index (χ2n) is 20.0. The largest absolute Gasteiger partial charge is 0.497 e. The molecule has 21 nitrogen and oxygen atoms in total. The summed E-state index contributed by atoms with van der Waals surface area (Å²) < 4.78 is 88.6. The van der Waals surface area contributed by atoms with Crippen molar-refractivity contribution in [1.29, 1.82) is 0 Å². The van der Waals surface area contributed by atoms with Crippen LogP contribution in [0.2, 0.25) is 0 Å². The Morgan fingerprint density at radius 2 is 1.29 bits per heavy atom. The first-order valence-electron chi connectivity index (χ1n) is 24.8. The Labute approximate surface area is 446 Å². The lowest BCUT2D eigenvalue weighted by molar-refractivity contribution is -0.120. The fourth-order valence-corrected chi connectivity index (χ4v) is 13.3. The summed E-state index contributed by atoms with van der Waals surface area (Å²) in [4.78, 5) is 58.4. The van der Waals surface area contributed by atoms with E-state index in [2.05, 4.69) is 15.0 Å². The predicted molar refractivity (Wildman–Crippen MR) is 281 cm³/mol. The van der Waals surface area contributed by atoms with Gasteiger partial charge in [-0.05, 0) is 122 Å². The summed E-state index contributed by atoms with van der Waals surface area (Å²) in [5, 5.41) is 13.4. The molecule has 3 aliphatic rings. The number of methoxy groups -OCH3 is 3. The molecule has 2 fully saturated rings. The molecule has 4 amide bonds. The van der Waals surface area contributed by atoms with Crippen LogP contribution in [0, 0.1) is 5.92 Å². The van der Waals surface area contributed by atoms with Gasteiger partial charge in [-0.25, -0.2) is 26.4 Å². The van der Waals surface area contributed by atoms with Crippen LogP contribution in [0.25, 0.3) is 11.4 Å². The number of likely N-dealkylation sites (tertiary alicyclic amines) is 1. The van der Waals surface area contributed by atoms with Crippen molar-refractivity contribution in [3.63, 3.8) is 0 Å². The fraction of sp³-hybridized carbons (Fsp3) is 0.352. The van der Waals surface area contributed by atoms with Gasteiger partial charge in [-0.3, -0.25) is 19.3 Å². The molecule has 1 N–H and O–H groups in total. The van der Waals surface area contributed by atoms with E-state index in [-0.39, 0.29) is 93.3 Å². The summed E-state index contributed by atoms with van der Waals surface area (Å²) in [6.07, 6.45) is -0.359. The van der Waals surface area contributed by atoms with E-state index in [1.165, 1.54) is 42.0 Å². The maximum Gasteiger partial charge on any atom is 0.410 e. The molecule has 2 unspecified atom stereocenters. The molecular weight excluding hydrogens is 1030 g/mol. The maximum absolute atomic E-state index is 16.3. The molecule has 77 heavy (non-hydrogen) atoms. The Bertz CT molecular complexity index is 3340. The number of sulfonamides is 2. The molecule has 9 rings (SSSR count). The zero-order valence-corrected chi connectivity index (χ0v) is 45.0. The zero-order valence-electron chi connectivity index (χ0n) is 43.4. The molecule has 404 valence electrons. The average Bonchev–Trinajstić information content (AvgIpc) is 4.14. The van der Waals surface area contributed by atoms with Crippen molar-refractivity contribution in [1.82, 2.24) is 39.0 Å². The van der Waals surface area contributed by atoms with Crippen molar-refractivity contribution >= 4 is 49.5 Å². The smallest absolute Gasteiger partial charge is 0.410 e. The standard InChI is InChI=1S/C54H59N9O12S2/c1-54(2,3)75-53(67)59-27-26-39(34-59)57-76(68,69)46-24-23-45(61-28-25-38(29-47(61)64)32-62-51(65)43-9-7-8-10-44(43)52(62)66)48(50-55-58-63(56-50)33-37-15-21-42(74-6)22-16-37)49(46)77(70,71)60(30-35-11-17-40(72-4)18-12-35)31-36-13-19-41(73-5)20-14-36/h7-24,38-39,57H,25-34H2,1-6H3. The number of amides is 4. The highest BCUT2D eigenvalue weighted by molar-refractivity contribution is 7.92. The van der Waals surface area contributed by atoms with Gasteiger partial charge in [0.25, 0.3) is 11.8 Å². The Hall–Kier alpha value is -7.73. The van der Waals surface area contributed by atoms with Crippen molar-refractivity contribution in [2.24, 2.45) is 5.92 Å². The Balaban J connectivity index is 1.18. The van der Waals surface area contributed by atoms with Gasteiger partial charge in [0.05, 0.1) is 50.3 Å². The van der Waals surface area contributed by atoms with Gasteiger partial charge in [0.15, 0.2) is 0 Å². The molecular formula is C54H59N9O12S2. The molecule has 2 saturated heterocycles. The number of carbonyl (C=O) groups is 4. The van der Waals surface area contributed by atoms with E-state index in [0.29, 0.717) is 28.4 Å². The summed E-state index contributed by atoms with van der Waals surface area (Å²) in [7, 11) is -5.41. The highest BCUT2D eigenvalue weighted by Gasteiger charge is 2.43. The summed E-state index contributed by atoms with van der Waals surface area (Å²) >= 11 is 0. The number of nitrogens with zero attached hydrogens (tertiary/aromatic N) is 8. The summed E-state index contributed by atoms with van der Waals surface area (Å²) in [6.45, 7) is 4.66. The van der Waals surface area contributed by atoms with Crippen LogP contribution in [0.4, 0.5) is 10.5 Å². The lowest BCUT2D eigenvalue weighted by Gasteiger charge is -2.35. The average molecular weight is 1090 g/mol. The number of tetrazole rings is 1. The Morgan fingerprint density at radius 1 is 0.727 bits per heavy atom. The molecule has 2 atom stereocenters. The first-order chi connectivity index (χ1) is 36.7. The van der Waals surface area contributed by atoms with Gasteiger partial charge in [0, 0.05) is 51.7 Å². The lowest BCUT2D eigenvalue weighted by Crippen LogP contribution is -2.44. The second kappa shape index (κ2) is 22.1. The molecule has 6 aromatic rings. The number of hydrogen-bond acceptors (Lipinski definition) is 15. The molecule has 1 aromatic heterocycles. The minimum Gasteiger partial charge on any atom is -0.497 e. The second-order valence-corrected chi connectivity index (χ2v) is 23.5. The van der Waals surface area contributed by atoms with Gasteiger partial charge < -0.3 is 28.7 Å².